The number of amides is 1. The Bertz CT molecular complexity index is 1220. The Morgan fingerprint density at radius 2 is 2.06 bits per heavy atom. The van der Waals surface area contributed by atoms with Crippen LogP contribution in [-0.4, -0.2) is 72.5 Å². The number of pyridine rings is 1. The second-order valence-corrected chi connectivity index (χ2v) is 11.6. The predicted octanol–water partition coefficient (Wildman–Crippen LogP) is 3.02. The summed E-state index contributed by atoms with van der Waals surface area (Å²) in [6.07, 6.45) is 3.33. The second kappa shape index (κ2) is 11.9. The molecule has 8 nitrogen and oxygen atoms in total. The van der Waals surface area contributed by atoms with Gasteiger partial charge in [0, 0.05) is 49.9 Å². The lowest BCUT2D eigenvalue weighted by Crippen LogP contribution is -2.50. The molecule has 9 heteroatoms. The number of hydrogen-bond donors (Lipinski definition) is 1. The van der Waals surface area contributed by atoms with E-state index >= 15 is 0 Å². The molecule has 0 aliphatic carbocycles. The van der Waals surface area contributed by atoms with Gasteiger partial charge in [0.2, 0.25) is 10.0 Å². The number of aliphatic hydroxyl groups excluding tert-OH is 1. The van der Waals surface area contributed by atoms with E-state index in [9.17, 15) is 18.3 Å². The fraction of sp³-hybridized carbons (Fsp3) is 0.481. The first-order chi connectivity index (χ1) is 17.0. The van der Waals surface area contributed by atoms with Gasteiger partial charge in [-0.2, -0.15) is 4.31 Å². The number of rotatable bonds is 6. The molecule has 0 unspecified atom stereocenters. The minimum atomic E-state index is -3.94. The van der Waals surface area contributed by atoms with E-state index in [1.807, 2.05) is 6.92 Å². The molecule has 3 rings (SSSR count). The summed E-state index contributed by atoms with van der Waals surface area (Å²) in [5, 5.41) is 9.80. The van der Waals surface area contributed by atoms with Crippen molar-refractivity contribution in [1.29, 1.82) is 0 Å². The van der Waals surface area contributed by atoms with Crippen molar-refractivity contribution < 1.29 is 23.1 Å². The molecule has 0 spiro atoms. The van der Waals surface area contributed by atoms with Gasteiger partial charge in [0.25, 0.3) is 5.91 Å². The third-order valence-corrected chi connectivity index (χ3v) is 8.14. The van der Waals surface area contributed by atoms with Gasteiger partial charge in [-0.3, -0.25) is 9.78 Å². The number of nitrogens with zero attached hydrogens (tertiary/aromatic N) is 3. The summed E-state index contributed by atoms with van der Waals surface area (Å²) in [5.74, 6) is 6.35. The topological polar surface area (TPSA) is 100 Å². The summed E-state index contributed by atoms with van der Waals surface area (Å²) in [6, 6.07) is 7.61. The van der Waals surface area contributed by atoms with Gasteiger partial charge in [0.15, 0.2) is 0 Å². The van der Waals surface area contributed by atoms with Crippen LogP contribution >= 0.6 is 0 Å². The number of benzene rings is 1. The normalized spacial score (nSPS) is 20.2. The maximum absolute atomic E-state index is 13.6. The van der Waals surface area contributed by atoms with Crippen LogP contribution in [0.4, 0.5) is 0 Å². The highest BCUT2D eigenvalue weighted by Crippen LogP contribution is 2.34. The molecule has 1 aliphatic heterocycles. The summed E-state index contributed by atoms with van der Waals surface area (Å²) in [4.78, 5) is 18.5. The fourth-order valence-corrected chi connectivity index (χ4v) is 5.77. The molecule has 1 aromatic carbocycles. The number of aromatic nitrogens is 1. The molecular weight excluding hydrogens is 478 g/mol. The van der Waals surface area contributed by atoms with Gasteiger partial charge in [0.05, 0.1) is 18.7 Å². The van der Waals surface area contributed by atoms with Crippen LogP contribution in [0.15, 0.2) is 47.6 Å². The number of sulfonamides is 1. The Balaban J connectivity index is 2.00. The molecule has 1 aromatic heterocycles. The molecule has 2 aromatic rings. The minimum absolute atomic E-state index is 0.0235. The molecule has 3 atom stereocenters. The number of fused-ring (bicyclic) bond motifs is 1. The molecule has 1 N–H and O–H groups in total. The molecule has 0 radical (unpaired) electrons. The van der Waals surface area contributed by atoms with E-state index in [0.29, 0.717) is 17.0 Å². The fourth-order valence-electron chi connectivity index (χ4n) is 3.94. The van der Waals surface area contributed by atoms with E-state index in [4.69, 9.17) is 4.74 Å². The van der Waals surface area contributed by atoms with Crippen LogP contribution in [-0.2, 0) is 10.0 Å². The number of ether oxygens (including phenoxy) is 1. The highest BCUT2D eigenvalue weighted by atomic mass is 32.2. The van der Waals surface area contributed by atoms with E-state index in [0.717, 1.165) is 6.42 Å². The van der Waals surface area contributed by atoms with Gasteiger partial charge in [-0.05, 0) is 43.2 Å². The van der Waals surface area contributed by atoms with Crippen molar-refractivity contribution >= 4 is 15.9 Å². The van der Waals surface area contributed by atoms with Crippen LogP contribution in [0.25, 0.3) is 0 Å². The van der Waals surface area contributed by atoms with Gasteiger partial charge in [-0.15, -0.1) is 0 Å². The van der Waals surface area contributed by atoms with Gasteiger partial charge in [-0.25, -0.2) is 8.42 Å². The second-order valence-electron chi connectivity index (χ2n) is 9.73. The van der Waals surface area contributed by atoms with Crippen molar-refractivity contribution in [3.05, 3.63) is 53.9 Å². The summed E-state index contributed by atoms with van der Waals surface area (Å²) in [6.45, 7) is 7.78. The van der Waals surface area contributed by atoms with E-state index in [1.165, 1.54) is 16.6 Å². The van der Waals surface area contributed by atoms with Crippen molar-refractivity contribution in [3.63, 3.8) is 0 Å². The summed E-state index contributed by atoms with van der Waals surface area (Å²) >= 11 is 0. The SMILES string of the molecule is CC(C)CC#Cc1ccc2c(c1)O[C@@H](CN(C)C(=O)c1cccnc1)[C@H](C)CN([C@@H](C)CO)S2(=O)=O. The largest absolute Gasteiger partial charge is 0.487 e. The van der Waals surface area contributed by atoms with Gasteiger partial charge < -0.3 is 14.7 Å². The lowest BCUT2D eigenvalue weighted by molar-refractivity contribution is 0.0563. The number of likely N-dealkylation sites (N-methyl/N-ethyl adjacent to an activating group) is 1. The molecular formula is C27H35N3O5S. The third-order valence-electron chi connectivity index (χ3n) is 6.12. The van der Waals surface area contributed by atoms with Crippen LogP contribution in [0.2, 0.25) is 0 Å². The summed E-state index contributed by atoms with van der Waals surface area (Å²) in [7, 11) is -2.25. The molecule has 0 fully saturated rings. The van der Waals surface area contributed by atoms with Crippen LogP contribution in [0.1, 0.15) is 50.0 Å². The highest BCUT2D eigenvalue weighted by molar-refractivity contribution is 7.89. The van der Waals surface area contributed by atoms with Crippen LogP contribution in [0, 0.1) is 23.7 Å². The van der Waals surface area contributed by atoms with E-state index in [-0.39, 0.29) is 42.2 Å². The predicted molar refractivity (Wildman–Crippen MR) is 138 cm³/mol. The first-order valence-electron chi connectivity index (χ1n) is 12.1. The Morgan fingerprint density at radius 1 is 1.31 bits per heavy atom. The zero-order valence-electron chi connectivity index (χ0n) is 21.5. The molecule has 194 valence electrons. The Kier molecular flexibility index (Phi) is 9.12. The van der Waals surface area contributed by atoms with Gasteiger partial charge in [0.1, 0.15) is 16.7 Å². The lowest BCUT2D eigenvalue weighted by atomic mass is 10.0. The van der Waals surface area contributed by atoms with Gasteiger partial charge >= 0.3 is 0 Å². The Morgan fingerprint density at radius 3 is 2.69 bits per heavy atom. The maximum Gasteiger partial charge on any atom is 0.255 e. The molecule has 36 heavy (non-hydrogen) atoms. The lowest BCUT2D eigenvalue weighted by Gasteiger charge is -2.37. The maximum atomic E-state index is 13.6. The summed E-state index contributed by atoms with van der Waals surface area (Å²) < 4.78 is 34.8. The van der Waals surface area contributed by atoms with Gasteiger partial charge in [-0.1, -0.05) is 32.6 Å². The number of carbonyl (C=O) groups excluding carboxylic acids is 1. The van der Waals surface area contributed by atoms with Crippen LogP contribution in [0.5, 0.6) is 5.75 Å². The summed E-state index contributed by atoms with van der Waals surface area (Å²) in [5.41, 5.74) is 1.11. The number of hydrogen-bond acceptors (Lipinski definition) is 6. The number of carbonyl (C=O) groups is 1. The molecule has 0 bridgehead atoms. The van der Waals surface area contributed by atoms with Crippen molar-refractivity contribution in [2.24, 2.45) is 11.8 Å². The zero-order valence-corrected chi connectivity index (χ0v) is 22.3. The monoisotopic (exact) mass is 513 g/mol. The molecule has 1 amide bonds. The molecule has 1 aliphatic rings. The number of aliphatic hydroxyl groups is 1. The molecule has 0 saturated heterocycles. The van der Waals surface area contributed by atoms with Crippen molar-refractivity contribution in [2.45, 2.75) is 51.2 Å². The van der Waals surface area contributed by atoms with Crippen LogP contribution in [0.3, 0.4) is 0 Å². The Labute approximate surface area is 214 Å². The van der Waals surface area contributed by atoms with E-state index in [2.05, 4.69) is 30.7 Å². The molecule has 0 saturated carbocycles. The van der Waals surface area contributed by atoms with E-state index in [1.54, 1.807) is 49.3 Å². The minimum Gasteiger partial charge on any atom is -0.487 e. The average Bonchev–Trinajstić information content (AvgIpc) is 2.85. The zero-order chi connectivity index (χ0) is 26.5. The first kappa shape index (κ1) is 27.7. The van der Waals surface area contributed by atoms with Crippen molar-refractivity contribution in [1.82, 2.24) is 14.2 Å². The molecule has 2 heterocycles. The van der Waals surface area contributed by atoms with Crippen molar-refractivity contribution in [3.8, 4) is 17.6 Å². The highest BCUT2D eigenvalue weighted by Gasteiger charge is 2.38. The smallest absolute Gasteiger partial charge is 0.255 e. The average molecular weight is 514 g/mol. The standard InChI is InChI=1S/C27H35N3O5S/c1-19(2)8-6-9-22-11-12-26-24(14-22)35-25(17-29(5)27(32)23-10-7-13-28-15-23)20(3)16-30(21(4)18-31)36(26,33)34/h7,10-15,19-21,25,31H,8,16-18H2,1-5H3/t20-,21+,25+/m1/s1. The Hall–Kier alpha value is -2.93. The van der Waals surface area contributed by atoms with Crippen LogP contribution < -0.4 is 4.74 Å². The first-order valence-corrected chi connectivity index (χ1v) is 13.6. The quantitative estimate of drug-likeness (QED) is 0.596. The third kappa shape index (κ3) is 6.44. The van der Waals surface area contributed by atoms with Crippen molar-refractivity contribution in [2.75, 3.05) is 26.7 Å². The van der Waals surface area contributed by atoms with E-state index < -0.39 is 22.2 Å².